The third kappa shape index (κ3) is 3.88. The first kappa shape index (κ1) is 17.0. The maximum absolute atomic E-state index is 12.3. The summed E-state index contributed by atoms with van der Waals surface area (Å²) in [5.74, 6) is 0.0434. The SMILES string of the molecule is Cc1[nH]c(=O)c(C#N)c(C)c1CCC(=O)N(C)Cc1cccs1. The molecule has 0 aliphatic carbocycles. The van der Waals surface area contributed by atoms with Crippen LogP contribution in [-0.2, 0) is 17.8 Å². The topological polar surface area (TPSA) is 77.0 Å². The molecule has 2 rings (SSSR count). The lowest BCUT2D eigenvalue weighted by molar-refractivity contribution is -0.130. The van der Waals surface area contributed by atoms with Gasteiger partial charge in [0, 0.05) is 24.0 Å². The van der Waals surface area contributed by atoms with Crippen LogP contribution in [0.3, 0.4) is 0 Å². The molecule has 0 atom stereocenters. The average molecular weight is 329 g/mol. The smallest absolute Gasteiger partial charge is 0.266 e. The fourth-order valence-corrected chi connectivity index (χ4v) is 3.32. The molecule has 5 nitrogen and oxygen atoms in total. The highest BCUT2D eigenvalue weighted by atomic mass is 32.1. The van der Waals surface area contributed by atoms with E-state index in [1.807, 2.05) is 23.6 Å². The van der Waals surface area contributed by atoms with Crippen LogP contribution in [0.15, 0.2) is 22.3 Å². The largest absolute Gasteiger partial charge is 0.341 e. The fraction of sp³-hybridized carbons (Fsp3) is 0.353. The maximum atomic E-state index is 12.3. The minimum Gasteiger partial charge on any atom is -0.341 e. The Bertz CT molecular complexity index is 800. The minimum atomic E-state index is -0.368. The molecule has 0 aromatic carbocycles. The van der Waals surface area contributed by atoms with E-state index in [1.54, 1.807) is 37.1 Å². The molecule has 2 aromatic rings. The Morgan fingerprint density at radius 1 is 1.43 bits per heavy atom. The van der Waals surface area contributed by atoms with Crippen molar-refractivity contribution < 1.29 is 4.79 Å². The highest BCUT2D eigenvalue weighted by Crippen LogP contribution is 2.16. The van der Waals surface area contributed by atoms with Gasteiger partial charge in [0.25, 0.3) is 5.56 Å². The molecular formula is C17H19N3O2S. The van der Waals surface area contributed by atoms with Crippen molar-refractivity contribution >= 4 is 17.2 Å². The van der Waals surface area contributed by atoms with Crippen LogP contribution in [-0.4, -0.2) is 22.8 Å². The number of hydrogen-bond donors (Lipinski definition) is 1. The van der Waals surface area contributed by atoms with E-state index in [1.165, 1.54) is 0 Å². The van der Waals surface area contributed by atoms with E-state index in [-0.39, 0.29) is 17.0 Å². The molecular weight excluding hydrogens is 310 g/mol. The molecule has 2 heterocycles. The van der Waals surface area contributed by atoms with E-state index in [2.05, 4.69) is 4.98 Å². The van der Waals surface area contributed by atoms with Crippen LogP contribution < -0.4 is 5.56 Å². The summed E-state index contributed by atoms with van der Waals surface area (Å²) in [4.78, 5) is 29.5. The summed E-state index contributed by atoms with van der Waals surface area (Å²) < 4.78 is 0. The number of thiophene rings is 1. The summed E-state index contributed by atoms with van der Waals surface area (Å²) in [6, 6.07) is 5.90. The van der Waals surface area contributed by atoms with Crippen molar-refractivity contribution in [3.63, 3.8) is 0 Å². The lowest BCUT2D eigenvalue weighted by Gasteiger charge is -2.17. The summed E-state index contributed by atoms with van der Waals surface area (Å²) in [5.41, 5.74) is 2.03. The summed E-state index contributed by atoms with van der Waals surface area (Å²) in [6.07, 6.45) is 0.858. The highest BCUT2D eigenvalue weighted by molar-refractivity contribution is 7.09. The molecule has 0 saturated carbocycles. The molecule has 6 heteroatoms. The number of nitriles is 1. The number of nitrogens with one attached hydrogen (secondary N) is 1. The van der Waals surface area contributed by atoms with Crippen LogP contribution in [0.2, 0.25) is 0 Å². The molecule has 0 radical (unpaired) electrons. The van der Waals surface area contributed by atoms with Crippen molar-refractivity contribution in [3.8, 4) is 6.07 Å². The van der Waals surface area contributed by atoms with Gasteiger partial charge in [0.1, 0.15) is 11.6 Å². The first-order chi connectivity index (χ1) is 10.9. The van der Waals surface area contributed by atoms with Crippen molar-refractivity contribution in [2.45, 2.75) is 33.2 Å². The second kappa shape index (κ2) is 7.25. The van der Waals surface area contributed by atoms with Gasteiger partial charge in [-0.3, -0.25) is 9.59 Å². The normalized spacial score (nSPS) is 10.3. The quantitative estimate of drug-likeness (QED) is 0.915. The molecule has 2 aromatic heterocycles. The van der Waals surface area contributed by atoms with Crippen LogP contribution >= 0.6 is 11.3 Å². The Kier molecular flexibility index (Phi) is 5.35. The second-order valence-electron chi connectivity index (χ2n) is 5.50. The number of H-pyrrole nitrogens is 1. The lowest BCUT2D eigenvalue weighted by Crippen LogP contribution is -2.26. The molecule has 0 unspecified atom stereocenters. The van der Waals surface area contributed by atoms with E-state index in [4.69, 9.17) is 5.26 Å². The fourth-order valence-electron chi connectivity index (χ4n) is 2.57. The van der Waals surface area contributed by atoms with E-state index < -0.39 is 0 Å². The van der Waals surface area contributed by atoms with Gasteiger partial charge in [-0.25, -0.2) is 0 Å². The average Bonchev–Trinajstić information content (AvgIpc) is 2.99. The number of hydrogen-bond acceptors (Lipinski definition) is 4. The third-order valence-corrected chi connectivity index (χ3v) is 4.77. The summed E-state index contributed by atoms with van der Waals surface area (Å²) in [5, 5.41) is 11.1. The van der Waals surface area contributed by atoms with Crippen molar-refractivity contribution in [1.82, 2.24) is 9.88 Å². The Hall–Kier alpha value is -2.39. The summed E-state index contributed by atoms with van der Waals surface area (Å²) >= 11 is 1.62. The van der Waals surface area contributed by atoms with Crippen LogP contribution in [0, 0.1) is 25.2 Å². The number of pyridine rings is 1. The molecule has 1 N–H and O–H groups in total. The molecule has 0 aliphatic heterocycles. The van der Waals surface area contributed by atoms with Gasteiger partial charge in [0.2, 0.25) is 5.91 Å². The zero-order chi connectivity index (χ0) is 17.0. The molecule has 0 saturated heterocycles. The molecule has 0 bridgehead atoms. The van der Waals surface area contributed by atoms with Crippen LogP contribution in [0.25, 0.3) is 0 Å². The number of amides is 1. The standard InChI is InChI=1S/C17H19N3O2S/c1-11-14(12(2)19-17(22)15(11)9-18)6-7-16(21)20(3)10-13-5-4-8-23-13/h4-5,8H,6-7,10H2,1-3H3,(H,19,22). The van der Waals surface area contributed by atoms with Crippen molar-refractivity contribution in [3.05, 3.63) is 55.1 Å². The Morgan fingerprint density at radius 3 is 2.78 bits per heavy atom. The van der Waals surface area contributed by atoms with E-state index in [0.717, 1.165) is 16.1 Å². The maximum Gasteiger partial charge on any atom is 0.266 e. The van der Waals surface area contributed by atoms with Crippen molar-refractivity contribution in [1.29, 1.82) is 5.26 Å². The third-order valence-electron chi connectivity index (χ3n) is 3.91. The van der Waals surface area contributed by atoms with Gasteiger partial charge in [0.15, 0.2) is 0 Å². The first-order valence-electron chi connectivity index (χ1n) is 7.32. The second-order valence-corrected chi connectivity index (χ2v) is 6.53. The van der Waals surface area contributed by atoms with Gasteiger partial charge in [-0.2, -0.15) is 5.26 Å². The Morgan fingerprint density at radius 2 is 2.17 bits per heavy atom. The van der Waals surface area contributed by atoms with Crippen molar-refractivity contribution in [2.75, 3.05) is 7.05 Å². The number of aryl methyl sites for hydroxylation is 1. The first-order valence-corrected chi connectivity index (χ1v) is 8.20. The summed E-state index contributed by atoms with van der Waals surface area (Å²) in [6.45, 7) is 4.16. The summed E-state index contributed by atoms with van der Waals surface area (Å²) in [7, 11) is 1.79. The van der Waals surface area contributed by atoms with E-state index >= 15 is 0 Å². The molecule has 0 fully saturated rings. The lowest BCUT2D eigenvalue weighted by atomic mass is 9.99. The number of nitrogens with zero attached hydrogens (tertiary/aromatic N) is 2. The van der Waals surface area contributed by atoms with Gasteiger partial charge in [-0.1, -0.05) is 6.07 Å². The van der Waals surface area contributed by atoms with Crippen LogP contribution in [0.5, 0.6) is 0 Å². The number of carbonyl (C=O) groups is 1. The van der Waals surface area contributed by atoms with Gasteiger partial charge in [0.05, 0.1) is 6.54 Å². The van der Waals surface area contributed by atoms with Crippen LogP contribution in [0.1, 0.15) is 33.7 Å². The Labute approximate surface area is 139 Å². The Balaban J connectivity index is 2.07. The number of carbonyl (C=O) groups excluding carboxylic acids is 1. The molecule has 23 heavy (non-hydrogen) atoms. The van der Waals surface area contributed by atoms with E-state index in [9.17, 15) is 9.59 Å². The van der Waals surface area contributed by atoms with Gasteiger partial charge >= 0.3 is 0 Å². The van der Waals surface area contributed by atoms with Crippen LogP contribution in [0.4, 0.5) is 0 Å². The van der Waals surface area contributed by atoms with Crippen molar-refractivity contribution in [2.24, 2.45) is 0 Å². The minimum absolute atomic E-state index is 0.0434. The van der Waals surface area contributed by atoms with Gasteiger partial charge in [-0.05, 0) is 42.8 Å². The number of aromatic nitrogens is 1. The zero-order valence-corrected chi connectivity index (χ0v) is 14.3. The zero-order valence-electron chi connectivity index (χ0n) is 13.5. The molecule has 0 aliphatic rings. The predicted molar refractivity (Wildman–Crippen MR) is 90.4 cm³/mol. The molecule has 120 valence electrons. The van der Waals surface area contributed by atoms with E-state index in [0.29, 0.717) is 24.9 Å². The molecule has 1 amide bonds. The number of rotatable bonds is 5. The number of aromatic amines is 1. The van der Waals surface area contributed by atoms with Gasteiger partial charge in [-0.15, -0.1) is 11.3 Å². The predicted octanol–water partition coefficient (Wildman–Crippen LogP) is 2.52. The highest BCUT2D eigenvalue weighted by Gasteiger charge is 2.15. The van der Waals surface area contributed by atoms with Gasteiger partial charge < -0.3 is 9.88 Å². The molecule has 0 spiro atoms. The monoisotopic (exact) mass is 329 g/mol.